The lowest BCUT2D eigenvalue weighted by Crippen LogP contribution is -2.34. The van der Waals surface area contributed by atoms with E-state index in [0.29, 0.717) is 24.0 Å². The zero-order valence-corrected chi connectivity index (χ0v) is 15.6. The van der Waals surface area contributed by atoms with Crippen LogP contribution in [0, 0.1) is 6.92 Å². The van der Waals surface area contributed by atoms with E-state index in [2.05, 4.69) is 55.7 Å². The average molecular weight is 343 g/mol. The molecule has 0 spiro atoms. The van der Waals surface area contributed by atoms with Crippen molar-refractivity contribution in [2.75, 3.05) is 0 Å². The summed E-state index contributed by atoms with van der Waals surface area (Å²) in [5.74, 6) is 0.295. The molecule has 0 radical (unpaired) electrons. The Morgan fingerprint density at radius 3 is 2.21 bits per heavy atom. The number of aromatic hydroxyl groups is 1. The van der Waals surface area contributed by atoms with E-state index in [9.17, 15) is 5.11 Å². The SMILES string of the molecule is Cc1ccc(CNC(=S)NCc2ccc(C(C)(C)C)cc2)c(O)c1. The lowest BCUT2D eigenvalue weighted by molar-refractivity contribution is 0.466. The van der Waals surface area contributed by atoms with Crippen LogP contribution in [0.1, 0.15) is 43.0 Å². The highest BCUT2D eigenvalue weighted by molar-refractivity contribution is 7.80. The molecule has 0 aromatic heterocycles. The van der Waals surface area contributed by atoms with Crippen molar-refractivity contribution in [3.63, 3.8) is 0 Å². The maximum Gasteiger partial charge on any atom is 0.166 e. The van der Waals surface area contributed by atoms with Gasteiger partial charge in [-0.15, -0.1) is 0 Å². The van der Waals surface area contributed by atoms with Crippen LogP contribution in [0.25, 0.3) is 0 Å². The monoisotopic (exact) mass is 342 g/mol. The molecule has 0 amide bonds. The number of phenols is 1. The Kier molecular flexibility index (Phi) is 5.84. The molecule has 0 heterocycles. The van der Waals surface area contributed by atoms with Crippen LogP contribution in [0.2, 0.25) is 0 Å². The van der Waals surface area contributed by atoms with Gasteiger partial charge >= 0.3 is 0 Å². The molecule has 0 aliphatic rings. The first-order chi connectivity index (χ1) is 11.3. The Morgan fingerprint density at radius 1 is 1.00 bits per heavy atom. The van der Waals surface area contributed by atoms with E-state index < -0.39 is 0 Å². The first kappa shape index (κ1) is 18.3. The summed E-state index contributed by atoms with van der Waals surface area (Å²) < 4.78 is 0. The fourth-order valence-electron chi connectivity index (χ4n) is 2.37. The average Bonchev–Trinajstić information content (AvgIpc) is 2.51. The normalized spacial score (nSPS) is 11.2. The van der Waals surface area contributed by atoms with Crippen LogP contribution in [-0.2, 0) is 18.5 Å². The van der Waals surface area contributed by atoms with E-state index in [0.717, 1.165) is 11.1 Å². The summed E-state index contributed by atoms with van der Waals surface area (Å²) in [6.45, 7) is 9.75. The van der Waals surface area contributed by atoms with Gasteiger partial charge in [0.05, 0.1) is 0 Å². The molecule has 0 aliphatic carbocycles. The molecular formula is C20H26N2OS. The molecule has 0 saturated heterocycles. The highest BCUT2D eigenvalue weighted by Crippen LogP contribution is 2.22. The molecule has 2 aromatic rings. The number of nitrogens with one attached hydrogen (secondary N) is 2. The Balaban J connectivity index is 1.83. The fourth-order valence-corrected chi connectivity index (χ4v) is 2.51. The second-order valence-corrected chi connectivity index (χ2v) is 7.52. The maximum absolute atomic E-state index is 9.90. The number of thiocarbonyl (C=S) groups is 1. The number of benzene rings is 2. The smallest absolute Gasteiger partial charge is 0.166 e. The summed E-state index contributed by atoms with van der Waals surface area (Å²) in [6, 6.07) is 14.2. The van der Waals surface area contributed by atoms with Crippen LogP contribution in [0.5, 0.6) is 5.75 Å². The molecule has 0 fully saturated rings. The predicted octanol–water partition coefficient (Wildman–Crippen LogP) is 4.16. The van der Waals surface area contributed by atoms with Crippen molar-refractivity contribution in [2.45, 2.75) is 46.2 Å². The van der Waals surface area contributed by atoms with Gasteiger partial charge in [-0.3, -0.25) is 0 Å². The molecule has 0 atom stereocenters. The van der Waals surface area contributed by atoms with Crippen LogP contribution in [0.15, 0.2) is 42.5 Å². The first-order valence-corrected chi connectivity index (χ1v) is 8.56. The summed E-state index contributed by atoms with van der Waals surface area (Å²) in [7, 11) is 0. The van der Waals surface area contributed by atoms with Gasteiger partial charge in [-0.05, 0) is 47.3 Å². The highest BCUT2D eigenvalue weighted by atomic mass is 32.1. The molecule has 4 heteroatoms. The molecule has 3 N–H and O–H groups in total. The largest absolute Gasteiger partial charge is 0.508 e. The summed E-state index contributed by atoms with van der Waals surface area (Å²) in [5.41, 5.74) is 4.54. The molecule has 0 aliphatic heterocycles. The molecule has 2 aromatic carbocycles. The van der Waals surface area contributed by atoms with E-state index in [1.165, 1.54) is 11.1 Å². The van der Waals surface area contributed by atoms with Crippen LogP contribution < -0.4 is 10.6 Å². The minimum Gasteiger partial charge on any atom is -0.508 e. The van der Waals surface area contributed by atoms with E-state index in [1.54, 1.807) is 6.07 Å². The second kappa shape index (κ2) is 7.67. The molecule has 3 nitrogen and oxygen atoms in total. The third kappa shape index (κ3) is 5.24. The van der Waals surface area contributed by atoms with Crippen molar-refractivity contribution in [2.24, 2.45) is 0 Å². The minimum atomic E-state index is 0.166. The van der Waals surface area contributed by atoms with Crippen molar-refractivity contribution in [3.8, 4) is 5.75 Å². The van der Waals surface area contributed by atoms with Gasteiger partial charge in [0, 0.05) is 18.7 Å². The molecular weight excluding hydrogens is 316 g/mol. The summed E-state index contributed by atoms with van der Waals surface area (Å²) in [6.07, 6.45) is 0. The standard InChI is InChI=1S/C20H26N2OS/c1-14-5-8-16(18(23)11-14)13-22-19(24)21-12-15-6-9-17(10-7-15)20(2,3)4/h5-11,23H,12-13H2,1-4H3,(H2,21,22,24). The van der Waals surface area contributed by atoms with Crippen molar-refractivity contribution in [1.29, 1.82) is 0 Å². The second-order valence-electron chi connectivity index (χ2n) is 7.12. The fraction of sp³-hybridized carbons (Fsp3) is 0.350. The zero-order chi connectivity index (χ0) is 17.7. The van der Waals surface area contributed by atoms with Gasteiger partial charge in [-0.25, -0.2) is 0 Å². The summed E-state index contributed by atoms with van der Waals surface area (Å²) in [4.78, 5) is 0. The molecule has 2 rings (SSSR count). The number of rotatable bonds is 4. The van der Waals surface area contributed by atoms with Gasteiger partial charge in [0.2, 0.25) is 0 Å². The van der Waals surface area contributed by atoms with Gasteiger partial charge in [0.1, 0.15) is 5.75 Å². The molecule has 0 saturated carbocycles. The minimum absolute atomic E-state index is 0.166. The van der Waals surface area contributed by atoms with Gasteiger partial charge < -0.3 is 15.7 Å². The lowest BCUT2D eigenvalue weighted by atomic mass is 9.87. The first-order valence-electron chi connectivity index (χ1n) is 8.15. The quantitative estimate of drug-likeness (QED) is 0.730. The number of hydrogen-bond donors (Lipinski definition) is 3. The Bertz CT molecular complexity index is 703. The predicted molar refractivity (Wildman–Crippen MR) is 104 cm³/mol. The van der Waals surface area contributed by atoms with E-state index in [4.69, 9.17) is 12.2 Å². The van der Waals surface area contributed by atoms with Crippen molar-refractivity contribution in [1.82, 2.24) is 10.6 Å². The van der Waals surface area contributed by atoms with Crippen LogP contribution in [-0.4, -0.2) is 10.2 Å². The van der Waals surface area contributed by atoms with E-state index in [-0.39, 0.29) is 5.41 Å². The van der Waals surface area contributed by atoms with Crippen LogP contribution >= 0.6 is 12.2 Å². The van der Waals surface area contributed by atoms with Gasteiger partial charge in [-0.2, -0.15) is 0 Å². The Labute approximate surface area is 150 Å². The van der Waals surface area contributed by atoms with Crippen LogP contribution in [0.4, 0.5) is 0 Å². The highest BCUT2D eigenvalue weighted by Gasteiger charge is 2.12. The molecule has 0 bridgehead atoms. The topological polar surface area (TPSA) is 44.3 Å². The molecule has 128 valence electrons. The lowest BCUT2D eigenvalue weighted by Gasteiger charge is -2.19. The number of hydrogen-bond acceptors (Lipinski definition) is 2. The van der Waals surface area contributed by atoms with E-state index in [1.807, 2.05) is 19.1 Å². The van der Waals surface area contributed by atoms with Gasteiger partial charge in [-0.1, -0.05) is 57.2 Å². The summed E-state index contributed by atoms with van der Waals surface area (Å²) >= 11 is 5.30. The van der Waals surface area contributed by atoms with Crippen LogP contribution in [0.3, 0.4) is 0 Å². The molecule has 24 heavy (non-hydrogen) atoms. The van der Waals surface area contributed by atoms with E-state index >= 15 is 0 Å². The Morgan fingerprint density at radius 2 is 1.62 bits per heavy atom. The Hall–Kier alpha value is -2.07. The number of phenolic OH excluding ortho intramolecular Hbond substituents is 1. The van der Waals surface area contributed by atoms with Gasteiger partial charge in [0.25, 0.3) is 0 Å². The van der Waals surface area contributed by atoms with Crippen molar-refractivity contribution >= 4 is 17.3 Å². The third-order valence-electron chi connectivity index (χ3n) is 3.95. The third-order valence-corrected chi connectivity index (χ3v) is 4.24. The summed E-state index contributed by atoms with van der Waals surface area (Å²) in [5, 5.41) is 16.8. The zero-order valence-electron chi connectivity index (χ0n) is 14.8. The number of aryl methyl sites for hydroxylation is 1. The molecule has 0 unspecified atom stereocenters. The van der Waals surface area contributed by atoms with Gasteiger partial charge in [0.15, 0.2) is 5.11 Å². The van der Waals surface area contributed by atoms with Crippen molar-refractivity contribution in [3.05, 3.63) is 64.7 Å². The van der Waals surface area contributed by atoms with Crippen molar-refractivity contribution < 1.29 is 5.11 Å². The maximum atomic E-state index is 9.90.